The maximum absolute atomic E-state index is 12.3. The molecule has 1 heterocycles. The van der Waals surface area contributed by atoms with Crippen molar-refractivity contribution in [2.75, 3.05) is 12.8 Å². The molecule has 21 heavy (non-hydrogen) atoms. The molecule has 1 N–H and O–H groups in total. The molecule has 0 radical (unpaired) electrons. The van der Waals surface area contributed by atoms with E-state index in [-0.39, 0.29) is 10.6 Å². The highest BCUT2D eigenvalue weighted by Gasteiger charge is 2.15. The average Bonchev–Trinajstić information content (AvgIpc) is 2.93. The monoisotopic (exact) mass is 304 g/mol. The summed E-state index contributed by atoms with van der Waals surface area (Å²) in [4.78, 5) is 4.35. The molecule has 7 heteroatoms. The summed E-state index contributed by atoms with van der Waals surface area (Å²) in [6.07, 6.45) is 3.44. The first-order chi connectivity index (χ1) is 10.0. The van der Waals surface area contributed by atoms with Gasteiger partial charge in [-0.05, 0) is 25.2 Å². The number of hydrogen-bond acceptors (Lipinski definition) is 5. The van der Waals surface area contributed by atoms with E-state index in [0.29, 0.717) is 18.7 Å². The van der Waals surface area contributed by atoms with Crippen LogP contribution in [0.4, 0.5) is 0 Å². The average molecular weight is 304 g/mol. The molecule has 0 aliphatic heterocycles. The van der Waals surface area contributed by atoms with E-state index in [9.17, 15) is 8.42 Å². The van der Waals surface area contributed by atoms with Gasteiger partial charge in [0.2, 0.25) is 0 Å². The number of benzene rings is 1. The van der Waals surface area contributed by atoms with Gasteiger partial charge in [0.15, 0.2) is 9.84 Å². The third-order valence-corrected chi connectivity index (χ3v) is 4.68. The molecule has 0 aliphatic carbocycles. The van der Waals surface area contributed by atoms with Crippen molar-refractivity contribution in [3.8, 4) is 6.07 Å². The molecule has 0 saturated heterocycles. The van der Waals surface area contributed by atoms with E-state index in [1.807, 2.05) is 19.3 Å². The zero-order valence-electron chi connectivity index (χ0n) is 11.7. The van der Waals surface area contributed by atoms with Crippen molar-refractivity contribution in [1.82, 2.24) is 14.9 Å². The number of nitrogens with zero attached hydrogens (tertiary/aromatic N) is 3. The van der Waals surface area contributed by atoms with Gasteiger partial charge >= 0.3 is 0 Å². The summed E-state index contributed by atoms with van der Waals surface area (Å²) in [5.74, 6) is -0.0305. The summed E-state index contributed by atoms with van der Waals surface area (Å²) < 4.78 is 26.2. The van der Waals surface area contributed by atoms with E-state index < -0.39 is 9.84 Å². The Balaban J connectivity index is 2.08. The van der Waals surface area contributed by atoms with Crippen LogP contribution in [0.25, 0.3) is 0 Å². The Morgan fingerprint density at radius 1 is 1.43 bits per heavy atom. The molecule has 1 aromatic heterocycles. The zero-order chi connectivity index (χ0) is 15.3. The van der Waals surface area contributed by atoms with E-state index in [1.54, 1.807) is 23.0 Å². The number of rotatable bonds is 6. The Morgan fingerprint density at radius 2 is 2.24 bits per heavy atom. The molecule has 0 bridgehead atoms. The second-order valence-electron chi connectivity index (χ2n) is 4.59. The van der Waals surface area contributed by atoms with Gasteiger partial charge in [-0.1, -0.05) is 6.07 Å². The molecule has 0 unspecified atom stereocenters. The molecule has 2 aromatic rings. The summed E-state index contributed by atoms with van der Waals surface area (Å²) >= 11 is 0. The number of imidazole rings is 1. The van der Waals surface area contributed by atoms with E-state index in [2.05, 4.69) is 10.3 Å². The molecular weight excluding hydrogens is 288 g/mol. The molecule has 1 aromatic carbocycles. The highest BCUT2D eigenvalue weighted by Crippen LogP contribution is 2.13. The first kappa shape index (κ1) is 15.2. The van der Waals surface area contributed by atoms with Crippen LogP contribution in [0.3, 0.4) is 0 Å². The van der Waals surface area contributed by atoms with Crippen LogP contribution >= 0.6 is 0 Å². The van der Waals surface area contributed by atoms with Crippen molar-refractivity contribution in [2.45, 2.75) is 18.0 Å². The Bertz CT molecular complexity index is 759. The molecule has 0 atom stereocenters. The predicted molar refractivity (Wildman–Crippen MR) is 78.2 cm³/mol. The minimum absolute atomic E-state index is 0.0305. The molecule has 0 fully saturated rings. The third-order valence-electron chi connectivity index (χ3n) is 2.99. The summed E-state index contributed by atoms with van der Waals surface area (Å²) in [6.45, 7) is 0.972. The molecule has 6 nitrogen and oxygen atoms in total. The highest BCUT2D eigenvalue weighted by atomic mass is 32.2. The van der Waals surface area contributed by atoms with Gasteiger partial charge in [0.1, 0.15) is 0 Å². The van der Waals surface area contributed by atoms with E-state index >= 15 is 0 Å². The van der Waals surface area contributed by atoms with E-state index in [4.69, 9.17) is 5.26 Å². The van der Waals surface area contributed by atoms with Crippen LogP contribution in [0.15, 0.2) is 41.7 Å². The Hall–Kier alpha value is -2.17. The number of sulfone groups is 1. The van der Waals surface area contributed by atoms with Gasteiger partial charge in [-0.3, -0.25) is 0 Å². The SMILES string of the molecule is CNCc1cn(CCS(=O)(=O)c2cccc(C#N)c2)cn1. The first-order valence-corrected chi connectivity index (χ1v) is 8.08. The zero-order valence-corrected chi connectivity index (χ0v) is 12.5. The van der Waals surface area contributed by atoms with Gasteiger partial charge in [0.25, 0.3) is 0 Å². The maximum atomic E-state index is 12.3. The van der Waals surface area contributed by atoms with Crippen molar-refractivity contribution < 1.29 is 8.42 Å². The van der Waals surface area contributed by atoms with Crippen molar-refractivity contribution >= 4 is 9.84 Å². The van der Waals surface area contributed by atoms with E-state index in [0.717, 1.165) is 5.69 Å². The first-order valence-electron chi connectivity index (χ1n) is 6.43. The van der Waals surface area contributed by atoms with Crippen LogP contribution in [0.2, 0.25) is 0 Å². The molecule has 0 aliphatic rings. The van der Waals surface area contributed by atoms with Crippen molar-refractivity contribution in [2.24, 2.45) is 0 Å². The van der Waals surface area contributed by atoms with E-state index in [1.165, 1.54) is 12.1 Å². The number of aromatic nitrogens is 2. The maximum Gasteiger partial charge on any atom is 0.180 e. The fourth-order valence-electron chi connectivity index (χ4n) is 1.90. The van der Waals surface area contributed by atoms with Gasteiger partial charge < -0.3 is 9.88 Å². The largest absolute Gasteiger partial charge is 0.336 e. The van der Waals surface area contributed by atoms with Crippen LogP contribution in [0, 0.1) is 11.3 Å². The summed E-state index contributed by atoms with van der Waals surface area (Å²) in [6, 6.07) is 8.01. The Morgan fingerprint density at radius 3 is 2.95 bits per heavy atom. The summed E-state index contributed by atoms with van der Waals surface area (Å²) in [5, 5.41) is 11.8. The second kappa shape index (κ2) is 6.52. The Kier molecular flexibility index (Phi) is 4.73. The standard InChI is InChI=1S/C14H16N4O2S/c1-16-9-13-10-18(11-17-13)5-6-21(19,20)14-4-2-3-12(7-14)8-15/h2-4,7,10-11,16H,5-6,9H2,1H3. The second-order valence-corrected chi connectivity index (χ2v) is 6.70. The number of hydrogen-bond donors (Lipinski definition) is 1. The minimum atomic E-state index is -3.41. The lowest BCUT2D eigenvalue weighted by atomic mass is 10.2. The number of aryl methyl sites for hydroxylation is 1. The highest BCUT2D eigenvalue weighted by molar-refractivity contribution is 7.91. The van der Waals surface area contributed by atoms with Crippen molar-refractivity contribution in [3.05, 3.63) is 48.0 Å². The fourth-order valence-corrected chi connectivity index (χ4v) is 3.18. The summed E-state index contributed by atoms with van der Waals surface area (Å²) in [5.41, 5.74) is 1.20. The third kappa shape index (κ3) is 3.90. The fraction of sp³-hybridized carbons (Fsp3) is 0.286. The van der Waals surface area contributed by atoms with Crippen LogP contribution in [-0.4, -0.2) is 30.8 Å². The number of nitriles is 1. The lowest BCUT2D eigenvalue weighted by Gasteiger charge is -2.05. The van der Waals surface area contributed by atoms with Gasteiger partial charge in [-0.15, -0.1) is 0 Å². The summed E-state index contributed by atoms with van der Waals surface area (Å²) in [7, 11) is -1.58. The lowest BCUT2D eigenvalue weighted by molar-refractivity contribution is 0.588. The minimum Gasteiger partial charge on any atom is -0.336 e. The molecule has 0 amide bonds. The van der Waals surface area contributed by atoms with Crippen LogP contribution in [-0.2, 0) is 22.9 Å². The van der Waals surface area contributed by atoms with Gasteiger partial charge in [0, 0.05) is 19.3 Å². The topological polar surface area (TPSA) is 87.8 Å². The number of nitrogens with one attached hydrogen (secondary N) is 1. The van der Waals surface area contributed by atoms with Gasteiger partial charge in [-0.2, -0.15) is 5.26 Å². The normalized spacial score (nSPS) is 11.2. The van der Waals surface area contributed by atoms with Crippen molar-refractivity contribution in [3.63, 3.8) is 0 Å². The molecular formula is C14H16N4O2S. The molecule has 0 spiro atoms. The molecule has 0 saturated carbocycles. The van der Waals surface area contributed by atoms with Crippen LogP contribution in [0.5, 0.6) is 0 Å². The Labute approximate surface area is 124 Å². The molecule has 110 valence electrons. The molecule has 2 rings (SSSR count). The smallest absolute Gasteiger partial charge is 0.180 e. The van der Waals surface area contributed by atoms with Gasteiger partial charge in [-0.25, -0.2) is 13.4 Å². The quantitative estimate of drug-likeness (QED) is 0.858. The van der Waals surface area contributed by atoms with Gasteiger partial charge in [0.05, 0.1) is 34.3 Å². The lowest BCUT2D eigenvalue weighted by Crippen LogP contribution is -2.12. The predicted octanol–water partition coefficient (Wildman–Crippen LogP) is 0.948. The van der Waals surface area contributed by atoms with Crippen LogP contribution < -0.4 is 5.32 Å². The van der Waals surface area contributed by atoms with Crippen molar-refractivity contribution in [1.29, 1.82) is 5.26 Å². The van der Waals surface area contributed by atoms with Crippen LogP contribution in [0.1, 0.15) is 11.3 Å².